The van der Waals surface area contributed by atoms with Crippen LogP contribution in [0.4, 0.5) is 0 Å². The Hall–Kier alpha value is -2.21. The van der Waals surface area contributed by atoms with E-state index in [1.807, 2.05) is 36.4 Å². The first-order valence-electron chi connectivity index (χ1n) is 9.86. The fourth-order valence-corrected chi connectivity index (χ4v) is 3.45. The third-order valence-corrected chi connectivity index (χ3v) is 5.31. The fourth-order valence-electron chi connectivity index (χ4n) is 3.45. The minimum atomic E-state index is 0.0970. The van der Waals surface area contributed by atoms with Crippen molar-refractivity contribution in [2.45, 2.75) is 19.4 Å². The molecule has 0 saturated carbocycles. The van der Waals surface area contributed by atoms with Gasteiger partial charge in [0.15, 0.2) is 5.78 Å². The second kappa shape index (κ2) is 8.43. The quantitative estimate of drug-likeness (QED) is 0.747. The predicted molar refractivity (Wildman–Crippen MR) is 107 cm³/mol. The summed E-state index contributed by atoms with van der Waals surface area (Å²) in [5.41, 5.74) is 2.97. The number of ether oxygens (including phenoxy) is 3. The maximum atomic E-state index is 12.6. The second-order valence-electron chi connectivity index (χ2n) is 8.02. The average molecular weight is 381 g/mol. The van der Waals surface area contributed by atoms with Gasteiger partial charge in [-0.2, -0.15) is 0 Å². The molecule has 5 heteroatoms. The molecular formula is C23H27NO4. The lowest BCUT2D eigenvalue weighted by Gasteiger charge is -2.37. The van der Waals surface area contributed by atoms with Gasteiger partial charge in [0.1, 0.15) is 5.75 Å². The third-order valence-electron chi connectivity index (χ3n) is 5.31. The van der Waals surface area contributed by atoms with Crippen molar-refractivity contribution in [2.24, 2.45) is 5.41 Å². The number of rotatable bonds is 7. The van der Waals surface area contributed by atoms with Crippen LogP contribution in [0.25, 0.3) is 0 Å². The predicted octanol–water partition coefficient (Wildman–Crippen LogP) is 3.19. The molecule has 2 aromatic carbocycles. The number of carbonyl (C=O) groups is 1. The molecule has 1 N–H and O–H groups in total. The minimum Gasteiger partial charge on any atom is -0.493 e. The van der Waals surface area contributed by atoms with Crippen LogP contribution in [-0.4, -0.2) is 45.3 Å². The smallest absolute Gasteiger partial charge is 0.167 e. The normalized spacial score (nSPS) is 21.0. The van der Waals surface area contributed by atoms with E-state index in [0.29, 0.717) is 18.6 Å². The standard InChI is InChI=1S/C23H27NO4/c1-23(14-26-15-23)16-28-20-8-6-18(7-9-20)21(25)12-17-2-4-19(5-3-17)22-13-24-10-11-27-22/h2-9,22,24H,10-16H2,1H3. The number of carbonyl (C=O) groups excluding carboxylic acids is 1. The summed E-state index contributed by atoms with van der Waals surface area (Å²) in [5.74, 6) is 0.893. The van der Waals surface area contributed by atoms with E-state index < -0.39 is 0 Å². The molecule has 2 aliphatic heterocycles. The van der Waals surface area contributed by atoms with Gasteiger partial charge in [-0.25, -0.2) is 0 Å². The van der Waals surface area contributed by atoms with E-state index in [4.69, 9.17) is 14.2 Å². The Kier molecular flexibility index (Phi) is 5.76. The van der Waals surface area contributed by atoms with Crippen LogP contribution in [0, 0.1) is 5.41 Å². The minimum absolute atomic E-state index is 0.0970. The van der Waals surface area contributed by atoms with Crippen LogP contribution in [0.15, 0.2) is 48.5 Å². The highest BCUT2D eigenvalue weighted by Gasteiger charge is 2.34. The molecule has 0 amide bonds. The summed E-state index contributed by atoms with van der Waals surface area (Å²) in [6.07, 6.45) is 0.486. The molecule has 0 aromatic heterocycles. The molecule has 0 bridgehead atoms. The van der Waals surface area contributed by atoms with Gasteiger partial charge in [0.2, 0.25) is 0 Å². The zero-order valence-electron chi connectivity index (χ0n) is 16.3. The van der Waals surface area contributed by atoms with Gasteiger partial charge in [0, 0.05) is 30.5 Å². The van der Waals surface area contributed by atoms with E-state index >= 15 is 0 Å². The molecule has 148 valence electrons. The first kappa shape index (κ1) is 19.1. The Morgan fingerprint density at radius 3 is 2.50 bits per heavy atom. The van der Waals surface area contributed by atoms with Crippen molar-refractivity contribution >= 4 is 5.78 Å². The Morgan fingerprint density at radius 2 is 1.89 bits per heavy atom. The van der Waals surface area contributed by atoms with Crippen LogP contribution in [0.2, 0.25) is 0 Å². The molecule has 0 radical (unpaired) electrons. The summed E-state index contributed by atoms with van der Waals surface area (Å²) in [6.45, 7) is 6.73. The topological polar surface area (TPSA) is 56.8 Å². The van der Waals surface area contributed by atoms with Gasteiger partial charge in [0.25, 0.3) is 0 Å². The molecule has 28 heavy (non-hydrogen) atoms. The number of benzene rings is 2. The maximum absolute atomic E-state index is 12.6. The van der Waals surface area contributed by atoms with Crippen molar-refractivity contribution < 1.29 is 19.0 Å². The lowest BCUT2D eigenvalue weighted by molar-refractivity contribution is -0.120. The van der Waals surface area contributed by atoms with Crippen LogP contribution in [0.3, 0.4) is 0 Å². The van der Waals surface area contributed by atoms with E-state index in [1.165, 1.54) is 0 Å². The van der Waals surface area contributed by atoms with Crippen LogP contribution in [0.5, 0.6) is 5.75 Å². The molecule has 2 aliphatic rings. The highest BCUT2D eigenvalue weighted by Crippen LogP contribution is 2.27. The van der Waals surface area contributed by atoms with E-state index in [1.54, 1.807) is 0 Å². The first-order valence-corrected chi connectivity index (χ1v) is 9.86. The second-order valence-corrected chi connectivity index (χ2v) is 8.02. The lowest BCUT2D eigenvalue weighted by Crippen LogP contribution is -2.44. The third kappa shape index (κ3) is 4.61. The van der Waals surface area contributed by atoms with Crippen molar-refractivity contribution in [1.82, 2.24) is 5.32 Å². The van der Waals surface area contributed by atoms with Gasteiger partial charge >= 0.3 is 0 Å². The Balaban J connectivity index is 1.31. The first-order chi connectivity index (χ1) is 13.6. The van der Waals surface area contributed by atoms with Gasteiger partial charge < -0.3 is 19.5 Å². The molecule has 2 fully saturated rings. The summed E-state index contributed by atoms with van der Waals surface area (Å²) in [7, 11) is 0. The molecule has 2 aromatic rings. The molecule has 4 rings (SSSR count). The van der Waals surface area contributed by atoms with Crippen molar-refractivity contribution in [1.29, 1.82) is 0 Å². The van der Waals surface area contributed by atoms with Crippen molar-refractivity contribution in [2.75, 3.05) is 39.5 Å². The van der Waals surface area contributed by atoms with Crippen LogP contribution < -0.4 is 10.1 Å². The Morgan fingerprint density at radius 1 is 1.14 bits per heavy atom. The number of morpholine rings is 1. The summed E-state index contributed by atoms with van der Waals surface area (Å²) in [5, 5.41) is 3.33. The van der Waals surface area contributed by atoms with Crippen molar-refractivity contribution in [3.63, 3.8) is 0 Å². The van der Waals surface area contributed by atoms with Gasteiger partial charge in [0.05, 0.1) is 32.5 Å². The van der Waals surface area contributed by atoms with Gasteiger partial charge in [-0.3, -0.25) is 4.79 Å². The fraction of sp³-hybridized carbons (Fsp3) is 0.435. The van der Waals surface area contributed by atoms with Crippen molar-refractivity contribution in [3.05, 3.63) is 65.2 Å². The van der Waals surface area contributed by atoms with Gasteiger partial charge in [-0.1, -0.05) is 31.2 Å². The highest BCUT2D eigenvalue weighted by atomic mass is 16.5. The van der Waals surface area contributed by atoms with Gasteiger partial charge in [-0.05, 0) is 35.4 Å². The zero-order valence-corrected chi connectivity index (χ0v) is 16.3. The number of hydrogen-bond acceptors (Lipinski definition) is 5. The number of Topliss-reactive ketones (excluding diaryl/α,β-unsaturated/α-hetero) is 1. The van der Waals surface area contributed by atoms with E-state index in [-0.39, 0.29) is 17.3 Å². The SMILES string of the molecule is CC1(COc2ccc(C(=O)Cc3ccc(C4CNCCO4)cc3)cc2)COC1. The number of hydrogen-bond donors (Lipinski definition) is 1. The molecule has 0 aliphatic carbocycles. The number of nitrogens with one attached hydrogen (secondary N) is 1. The molecule has 2 heterocycles. The maximum Gasteiger partial charge on any atom is 0.167 e. The van der Waals surface area contributed by atoms with Crippen molar-refractivity contribution in [3.8, 4) is 5.75 Å². The average Bonchev–Trinajstić information content (AvgIpc) is 2.72. The molecule has 5 nitrogen and oxygen atoms in total. The lowest BCUT2D eigenvalue weighted by atomic mass is 9.90. The zero-order chi connectivity index (χ0) is 19.4. The molecule has 1 atom stereocenters. The van der Waals surface area contributed by atoms with Crippen LogP contribution in [-0.2, 0) is 15.9 Å². The van der Waals surface area contributed by atoms with E-state index in [9.17, 15) is 4.79 Å². The van der Waals surface area contributed by atoms with E-state index in [0.717, 1.165) is 49.8 Å². The molecule has 0 spiro atoms. The van der Waals surface area contributed by atoms with E-state index in [2.05, 4.69) is 24.4 Å². The number of ketones is 1. The largest absolute Gasteiger partial charge is 0.493 e. The monoisotopic (exact) mass is 381 g/mol. The van der Waals surface area contributed by atoms with Crippen LogP contribution in [0.1, 0.15) is 34.5 Å². The summed E-state index contributed by atoms with van der Waals surface area (Å²) < 4.78 is 16.8. The highest BCUT2D eigenvalue weighted by molar-refractivity contribution is 5.97. The summed E-state index contributed by atoms with van der Waals surface area (Å²) >= 11 is 0. The summed E-state index contributed by atoms with van der Waals surface area (Å²) in [4.78, 5) is 12.6. The molecule has 1 unspecified atom stereocenters. The summed E-state index contributed by atoms with van der Waals surface area (Å²) in [6, 6.07) is 15.6. The molecular weight excluding hydrogens is 354 g/mol. The Bertz CT molecular complexity index is 790. The Labute approximate surface area is 166 Å². The molecule has 2 saturated heterocycles. The van der Waals surface area contributed by atoms with Gasteiger partial charge in [-0.15, -0.1) is 0 Å². The van der Waals surface area contributed by atoms with Crippen LogP contribution >= 0.6 is 0 Å².